The number of nitrogens with one attached hydrogen (secondary N) is 2. The molecule has 1 aromatic heterocycles. The van der Waals surface area contributed by atoms with Crippen LogP contribution in [0.3, 0.4) is 0 Å². The molecule has 14 heteroatoms. The normalized spacial score (nSPS) is 18.3. The minimum absolute atomic E-state index is 0. The molecule has 2 aromatic carbocycles. The fourth-order valence-electron chi connectivity index (χ4n) is 5.41. The number of hydrogen-bond acceptors (Lipinski definition) is 6. The number of anilines is 3. The van der Waals surface area contributed by atoms with Gasteiger partial charge in [-0.05, 0) is 42.7 Å². The molecule has 7 nitrogen and oxygen atoms in total. The number of nitrogens with two attached hydrogens (primary N) is 1. The molecule has 0 bridgehead atoms. The van der Waals surface area contributed by atoms with Gasteiger partial charge in [0.15, 0.2) is 0 Å². The van der Waals surface area contributed by atoms with Crippen molar-refractivity contribution in [3.63, 3.8) is 0 Å². The van der Waals surface area contributed by atoms with Crippen LogP contribution in [0.4, 0.5) is 34.6 Å². The molecule has 0 unspecified atom stereocenters. The van der Waals surface area contributed by atoms with Gasteiger partial charge in [0.25, 0.3) is 5.91 Å². The molecule has 2 aliphatic heterocycles. The number of amides is 1. The van der Waals surface area contributed by atoms with Gasteiger partial charge in [0.05, 0.1) is 34.3 Å². The Morgan fingerprint density at radius 1 is 0.952 bits per heavy atom. The van der Waals surface area contributed by atoms with E-state index in [-0.39, 0.29) is 49.0 Å². The van der Waals surface area contributed by atoms with Crippen LogP contribution in [-0.2, 0) is 0 Å². The lowest BCUT2D eigenvalue weighted by Gasteiger charge is -2.37. The Bertz CT molecular complexity index is 1360. The van der Waals surface area contributed by atoms with Crippen molar-refractivity contribution in [2.45, 2.75) is 19.4 Å². The number of carbonyl (C=O) groups is 1. The van der Waals surface area contributed by atoms with Gasteiger partial charge in [0.1, 0.15) is 23.3 Å². The van der Waals surface area contributed by atoms with E-state index in [0.29, 0.717) is 56.6 Å². The van der Waals surface area contributed by atoms with Crippen molar-refractivity contribution >= 4 is 60.2 Å². The summed E-state index contributed by atoms with van der Waals surface area (Å²) >= 11 is 0. The minimum Gasteiger partial charge on any atom is -0.369 e. The van der Waals surface area contributed by atoms with Gasteiger partial charge in [-0.25, -0.2) is 17.6 Å². The molecule has 230 valence electrons. The first-order valence-electron chi connectivity index (χ1n) is 12.9. The molecule has 4 N–H and O–H groups in total. The SMILES string of the molecule is C[C@@H]1C[C@H](N)CN(c2ccncc2NC(=O)c2ccc(F)c(-c3c(F)cc(N4CCNCC4)cc3F)c2F)C1.Cl.Cl.Cl. The predicted octanol–water partition coefficient (Wildman–Crippen LogP) is 5.41. The van der Waals surface area contributed by atoms with Gasteiger partial charge in [0.2, 0.25) is 0 Å². The Labute approximate surface area is 260 Å². The van der Waals surface area contributed by atoms with Crippen molar-refractivity contribution < 1.29 is 22.4 Å². The van der Waals surface area contributed by atoms with E-state index in [1.165, 1.54) is 6.20 Å². The highest BCUT2D eigenvalue weighted by molar-refractivity contribution is 6.06. The highest BCUT2D eigenvalue weighted by Gasteiger charge is 2.28. The Morgan fingerprint density at radius 3 is 2.26 bits per heavy atom. The predicted molar refractivity (Wildman–Crippen MR) is 165 cm³/mol. The van der Waals surface area contributed by atoms with Crippen molar-refractivity contribution in [1.82, 2.24) is 10.3 Å². The number of nitrogens with zero attached hydrogens (tertiary/aromatic N) is 3. The molecular formula is C28H33Cl3F4N6O. The van der Waals surface area contributed by atoms with Crippen molar-refractivity contribution in [3.8, 4) is 11.1 Å². The van der Waals surface area contributed by atoms with Crippen molar-refractivity contribution in [1.29, 1.82) is 0 Å². The van der Waals surface area contributed by atoms with Crippen LogP contribution in [0, 0.1) is 29.2 Å². The van der Waals surface area contributed by atoms with E-state index in [2.05, 4.69) is 22.5 Å². The number of aromatic nitrogens is 1. The standard InChI is InChI=1S/C28H30F4N6O.3ClH/c1-16-10-17(33)15-38(14-16)24-4-5-35-13-23(24)36-28(39)19-2-3-20(29)26(27(19)32)25-21(30)11-18(12-22(25)31)37-8-6-34-7-9-37;;;/h2-5,11-13,16-17,34H,6-10,14-15,33H2,1H3,(H,36,39);3*1H/t16-,17+;;;/m1.../s1. The average molecular weight is 652 g/mol. The Morgan fingerprint density at radius 2 is 1.62 bits per heavy atom. The van der Waals surface area contributed by atoms with Gasteiger partial charge in [-0.3, -0.25) is 9.78 Å². The van der Waals surface area contributed by atoms with Gasteiger partial charge < -0.3 is 26.2 Å². The molecule has 1 amide bonds. The zero-order valence-electron chi connectivity index (χ0n) is 22.7. The summed E-state index contributed by atoms with van der Waals surface area (Å²) in [5.41, 5.74) is 5.06. The molecular weight excluding hydrogens is 619 g/mol. The topological polar surface area (TPSA) is 86.5 Å². The molecule has 0 radical (unpaired) electrons. The van der Waals surface area contributed by atoms with Gasteiger partial charge in [-0.15, -0.1) is 37.2 Å². The summed E-state index contributed by atoms with van der Waals surface area (Å²) in [4.78, 5) is 21.0. The second-order valence-corrected chi connectivity index (χ2v) is 10.2. The first-order valence-corrected chi connectivity index (χ1v) is 12.9. The van der Waals surface area contributed by atoms with Gasteiger partial charge in [-0.2, -0.15) is 0 Å². The summed E-state index contributed by atoms with van der Waals surface area (Å²) < 4.78 is 60.8. The molecule has 5 rings (SSSR count). The number of hydrogen-bond donors (Lipinski definition) is 3. The second kappa shape index (κ2) is 15.1. The maximum atomic E-state index is 15.6. The van der Waals surface area contributed by atoms with Gasteiger partial charge >= 0.3 is 0 Å². The van der Waals surface area contributed by atoms with Crippen LogP contribution in [0.5, 0.6) is 0 Å². The van der Waals surface area contributed by atoms with Crippen LogP contribution < -0.4 is 26.2 Å². The lowest BCUT2D eigenvalue weighted by Crippen LogP contribution is -2.46. The third kappa shape index (κ3) is 7.38. The van der Waals surface area contributed by atoms with E-state index in [9.17, 15) is 9.18 Å². The number of halogens is 7. The van der Waals surface area contributed by atoms with Crippen molar-refractivity contribution in [2.24, 2.45) is 11.7 Å². The number of carbonyl (C=O) groups excluding carboxylic acids is 1. The molecule has 2 fully saturated rings. The van der Waals surface area contributed by atoms with E-state index < -0.39 is 45.9 Å². The van der Waals surface area contributed by atoms with E-state index in [1.54, 1.807) is 17.2 Å². The van der Waals surface area contributed by atoms with Crippen LogP contribution in [-0.4, -0.2) is 56.2 Å². The summed E-state index contributed by atoms with van der Waals surface area (Å²) in [5.74, 6) is -5.37. The van der Waals surface area contributed by atoms with Crippen LogP contribution >= 0.6 is 37.2 Å². The Balaban J connectivity index is 0.00000205. The maximum Gasteiger partial charge on any atom is 0.258 e. The molecule has 0 spiro atoms. The summed E-state index contributed by atoms with van der Waals surface area (Å²) in [6.07, 6.45) is 3.87. The second-order valence-electron chi connectivity index (χ2n) is 10.2. The van der Waals surface area contributed by atoms with Crippen LogP contribution in [0.2, 0.25) is 0 Å². The molecule has 3 heterocycles. The largest absolute Gasteiger partial charge is 0.369 e. The van der Waals surface area contributed by atoms with E-state index in [4.69, 9.17) is 5.73 Å². The molecule has 2 saturated heterocycles. The number of rotatable bonds is 5. The average Bonchev–Trinajstić information content (AvgIpc) is 2.90. The zero-order chi connectivity index (χ0) is 27.7. The van der Waals surface area contributed by atoms with E-state index in [1.807, 2.05) is 4.90 Å². The van der Waals surface area contributed by atoms with Gasteiger partial charge in [-0.1, -0.05) is 6.92 Å². The quantitative estimate of drug-likeness (QED) is 0.320. The Hall–Kier alpha value is -2.83. The van der Waals surface area contributed by atoms with Crippen LogP contribution in [0.25, 0.3) is 11.1 Å². The van der Waals surface area contributed by atoms with Crippen LogP contribution in [0.15, 0.2) is 42.7 Å². The number of piperidine rings is 1. The molecule has 42 heavy (non-hydrogen) atoms. The first-order chi connectivity index (χ1) is 18.7. The number of piperazine rings is 1. The maximum absolute atomic E-state index is 15.6. The van der Waals surface area contributed by atoms with Crippen LogP contribution in [0.1, 0.15) is 23.7 Å². The Kier molecular flexibility index (Phi) is 12.7. The zero-order valence-corrected chi connectivity index (χ0v) is 25.2. The molecule has 0 saturated carbocycles. The third-order valence-corrected chi connectivity index (χ3v) is 7.17. The smallest absolute Gasteiger partial charge is 0.258 e. The summed E-state index contributed by atoms with van der Waals surface area (Å²) in [6, 6.07) is 5.56. The summed E-state index contributed by atoms with van der Waals surface area (Å²) in [5, 5.41) is 5.78. The minimum atomic E-state index is -1.36. The molecule has 2 atom stereocenters. The van der Waals surface area contributed by atoms with Crippen molar-refractivity contribution in [2.75, 3.05) is 54.4 Å². The van der Waals surface area contributed by atoms with E-state index in [0.717, 1.165) is 30.7 Å². The lowest BCUT2D eigenvalue weighted by atomic mass is 9.96. The summed E-state index contributed by atoms with van der Waals surface area (Å²) in [6.45, 7) is 5.72. The van der Waals surface area contributed by atoms with E-state index >= 15 is 13.2 Å². The highest BCUT2D eigenvalue weighted by atomic mass is 35.5. The molecule has 3 aromatic rings. The monoisotopic (exact) mass is 650 g/mol. The molecule has 0 aliphatic carbocycles. The molecule has 2 aliphatic rings. The third-order valence-electron chi connectivity index (χ3n) is 7.17. The lowest BCUT2D eigenvalue weighted by molar-refractivity contribution is 0.102. The highest BCUT2D eigenvalue weighted by Crippen LogP contribution is 2.36. The number of pyridine rings is 1. The first kappa shape index (κ1) is 35.4. The fraction of sp³-hybridized carbons (Fsp3) is 0.357. The summed E-state index contributed by atoms with van der Waals surface area (Å²) in [7, 11) is 0. The number of benzene rings is 2. The van der Waals surface area contributed by atoms with Crippen molar-refractivity contribution in [3.05, 3.63) is 71.6 Å². The fourth-order valence-corrected chi connectivity index (χ4v) is 5.41. The van der Waals surface area contributed by atoms with Gasteiger partial charge in [0, 0.05) is 57.2 Å².